The van der Waals surface area contributed by atoms with Gasteiger partial charge in [0, 0.05) is 0 Å². The molecule has 0 unspecified atom stereocenters. The molecule has 1 aromatic carbocycles. The van der Waals surface area contributed by atoms with Crippen LogP contribution in [0.1, 0.15) is 10.4 Å². The summed E-state index contributed by atoms with van der Waals surface area (Å²) in [5, 5.41) is 3.41. The summed E-state index contributed by atoms with van der Waals surface area (Å²) in [5.41, 5.74) is 7.14. The molecule has 2 aromatic heterocycles. The average molecular weight is 352 g/mol. The molecular formula is C17H16N6O3. The molecule has 0 bridgehead atoms. The zero-order valence-electron chi connectivity index (χ0n) is 13.7. The maximum atomic E-state index is 12.2. The molecule has 0 amide bonds. The number of aromatic nitrogens is 4. The number of carbonyl (C=O) groups is 1. The number of nitrogens with two attached hydrogens (primary N) is 1. The van der Waals surface area contributed by atoms with Crippen LogP contribution in [0.15, 0.2) is 43.0 Å². The van der Waals surface area contributed by atoms with Crippen LogP contribution in [0.5, 0.6) is 0 Å². The maximum absolute atomic E-state index is 12.2. The Bertz CT molecular complexity index is 991. The predicted molar refractivity (Wildman–Crippen MR) is 91.1 cm³/mol. The minimum Gasteiger partial charge on any atom is -0.459 e. The molecule has 0 saturated carbocycles. The van der Waals surface area contributed by atoms with Gasteiger partial charge in [0.1, 0.15) is 30.2 Å². The zero-order valence-corrected chi connectivity index (χ0v) is 13.7. The monoisotopic (exact) mass is 352 g/mol. The maximum Gasteiger partial charge on any atom is 0.338 e. The molecule has 9 nitrogen and oxygen atoms in total. The highest BCUT2D eigenvalue weighted by Gasteiger charge is 2.66. The van der Waals surface area contributed by atoms with E-state index in [4.69, 9.17) is 15.2 Å². The fourth-order valence-electron chi connectivity index (χ4n) is 3.60. The van der Waals surface area contributed by atoms with E-state index in [0.29, 0.717) is 29.2 Å². The average Bonchev–Trinajstić information content (AvgIpc) is 3.05. The SMILES string of the molecule is Nc1ncnc2ncn([C@@]34N[C@@H]3CO[C@@H]4COC(=O)c3ccccc3)c12. The van der Waals surface area contributed by atoms with Gasteiger partial charge in [0.15, 0.2) is 11.5 Å². The third-order valence-electron chi connectivity index (χ3n) is 4.95. The lowest BCUT2D eigenvalue weighted by Gasteiger charge is -2.23. The van der Waals surface area contributed by atoms with Crippen molar-refractivity contribution in [3.05, 3.63) is 48.5 Å². The molecule has 132 valence electrons. The van der Waals surface area contributed by atoms with Crippen LogP contribution in [-0.2, 0) is 15.1 Å². The summed E-state index contributed by atoms with van der Waals surface area (Å²) in [4.78, 5) is 24.7. The number of imidazole rings is 1. The third kappa shape index (κ3) is 2.11. The number of nitrogen functional groups attached to an aromatic ring is 1. The van der Waals surface area contributed by atoms with Gasteiger partial charge in [0.05, 0.1) is 24.5 Å². The standard InChI is InChI=1S/C17H16N6O3/c18-14-13-15(20-8-19-14)21-9-23(13)17-11(22-17)6-25-12(17)7-26-16(24)10-4-2-1-3-5-10/h1-5,8-9,11-12,22H,6-7H2,(H2,18,19,20)/t11-,12-,17+/m1/s1. The van der Waals surface area contributed by atoms with E-state index in [1.807, 2.05) is 10.6 Å². The lowest BCUT2D eigenvalue weighted by atomic mass is 10.1. The first-order valence-electron chi connectivity index (χ1n) is 8.25. The van der Waals surface area contributed by atoms with Gasteiger partial charge in [-0.25, -0.2) is 19.7 Å². The number of ether oxygens (including phenoxy) is 2. The Labute approximate surface area is 148 Å². The second-order valence-corrected chi connectivity index (χ2v) is 6.35. The van der Waals surface area contributed by atoms with Gasteiger partial charge in [-0.2, -0.15) is 0 Å². The van der Waals surface area contributed by atoms with Crippen LogP contribution in [0.2, 0.25) is 0 Å². The fourth-order valence-corrected chi connectivity index (χ4v) is 3.60. The normalized spacial score (nSPS) is 26.6. The molecule has 2 fully saturated rings. The topological polar surface area (TPSA) is 127 Å². The number of nitrogens with one attached hydrogen (secondary N) is 1. The smallest absolute Gasteiger partial charge is 0.338 e. The number of esters is 1. The second-order valence-electron chi connectivity index (χ2n) is 6.35. The van der Waals surface area contributed by atoms with Gasteiger partial charge in [-0.1, -0.05) is 18.2 Å². The molecule has 3 aromatic rings. The second kappa shape index (κ2) is 5.48. The Hall–Kier alpha value is -3.04. The first kappa shape index (κ1) is 15.2. The summed E-state index contributed by atoms with van der Waals surface area (Å²) in [6.07, 6.45) is 2.69. The van der Waals surface area contributed by atoms with E-state index in [0.717, 1.165) is 0 Å². The van der Waals surface area contributed by atoms with E-state index in [1.165, 1.54) is 6.33 Å². The number of rotatable bonds is 4. The molecule has 3 atom stereocenters. The van der Waals surface area contributed by atoms with Crippen molar-refractivity contribution in [2.45, 2.75) is 17.8 Å². The molecule has 2 aliphatic heterocycles. The van der Waals surface area contributed by atoms with Crippen molar-refractivity contribution >= 4 is 23.0 Å². The van der Waals surface area contributed by atoms with E-state index in [2.05, 4.69) is 20.3 Å². The zero-order chi connectivity index (χ0) is 17.7. The van der Waals surface area contributed by atoms with Gasteiger partial charge in [-0.3, -0.25) is 5.32 Å². The number of anilines is 1. The van der Waals surface area contributed by atoms with Gasteiger partial charge in [-0.05, 0) is 12.1 Å². The Morgan fingerprint density at radius 1 is 1.35 bits per heavy atom. The Morgan fingerprint density at radius 3 is 3.00 bits per heavy atom. The van der Waals surface area contributed by atoms with E-state index >= 15 is 0 Å². The molecule has 9 heteroatoms. The van der Waals surface area contributed by atoms with Crippen LogP contribution in [0.4, 0.5) is 5.82 Å². The van der Waals surface area contributed by atoms with Crippen LogP contribution in [0.25, 0.3) is 11.2 Å². The van der Waals surface area contributed by atoms with Gasteiger partial charge >= 0.3 is 5.97 Å². The van der Waals surface area contributed by atoms with E-state index in [-0.39, 0.29) is 24.7 Å². The fraction of sp³-hybridized carbons (Fsp3) is 0.294. The summed E-state index contributed by atoms with van der Waals surface area (Å²) < 4.78 is 13.2. The summed E-state index contributed by atoms with van der Waals surface area (Å²) in [7, 11) is 0. The van der Waals surface area contributed by atoms with E-state index in [9.17, 15) is 4.79 Å². The van der Waals surface area contributed by atoms with Crippen LogP contribution in [0.3, 0.4) is 0 Å². The highest BCUT2D eigenvalue weighted by Crippen LogP contribution is 2.45. The van der Waals surface area contributed by atoms with Crippen LogP contribution >= 0.6 is 0 Å². The molecule has 4 heterocycles. The lowest BCUT2D eigenvalue weighted by molar-refractivity contribution is -0.0118. The van der Waals surface area contributed by atoms with Crippen molar-refractivity contribution in [1.82, 2.24) is 24.8 Å². The molecule has 5 rings (SSSR count). The van der Waals surface area contributed by atoms with E-state index in [1.54, 1.807) is 30.6 Å². The minimum absolute atomic E-state index is 0.0972. The third-order valence-corrected chi connectivity index (χ3v) is 4.95. The molecule has 0 aliphatic carbocycles. The van der Waals surface area contributed by atoms with Gasteiger partial charge in [0.25, 0.3) is 0 Å². The lowest BCUT2D eigenvalue weighted by Crippen LogP contribution is -2.39. The Morgan fingerprint density at radius 2 is 2.19 bits per heavy atom. The summed E-state index contributed by atoms with van der Waals surface area (Å²) in [6, 6.07) is 8.97. The number of nitrogens with zero attached hydrogens (tertiary/aromatic N) is 4. The van der Waals surface area contributed by atoms with Gasteiger partial charge < -0.3 is 19.8 Å². The summed E-state index contributed by atoms with van der Waals surface area (Å²) >= 11 is 0. The minimum atomic E-state index is -0.551. The van der Waals surface area contributed by atoms with E-state index < -0.39 is 5.66 Å². The summed E-state index contributed by atoms with van der Waals surface area (Å²) in [6.45, 7) is 0.630. The Kier molecular flexibility index (Phi) is 3.21. The molecular weight excluding hydrogens is 336 g/mol. The first-order chi connectivity index (χ1) is 12.7. The molecule has 2 saturated heterocycles. The Balaban J connectivity index is 1.41. The highest BCUT2D eigenvalue weighted by molar-refractivity contribution is 5.89. The quantitative estimate of drug-likeness (QED) is 0.507. The van der Waals surface area contributed by atoms with Crippen molar-refractivity contribution in [2.75, 3.05) is 18.9 Å². The number of carbonyl (C=O) groups excluding carboxylic acids is 1. The molecule has 3 N–H and O–H groups in total. The number of hydrogen-bond donors (Lipinski definition) is 2. The van der Waals surface area contributed by atoms with Gasteiger partial charge in [-0.15, -0.1) is 0 Å². The van der Waals surface area contributed by atoms with Crippen LogP contribution < -0.4 is 11.1 Å². The molecule has 0 radical (unpaired) electrons. The van der Waals surface area contributed by atoms with Crippen molar-refractivity contribution in [3.63, 3.8) is 0 Å². The van der Waals surface area contributed by atoms with Gasteiger partial charge in [0.2, 0.25) is 0 Å². The largest absolute Gasteiger partial charge is 0.459 e. The number of fused-ring (bicyclic) bond motifs is 2. The highest BCUT2D eigenvalue weighted by atomic mass is 16.6. The van der Waals surface area contributed by atoms with Crippen molar-refractivity contribution in [2.24, 2.45) is 0 Å². The van der Waals surface area contributed by atoms with Crippen molar-refractivity contribution < 1.29 is 14.3 Å². The number of hydrogen-bond acceptors (Lipinski definition) is 8. The first-order valence-corrected chi connectivity index (χ1v) is 8.25. The molecule has 2 aliphatic rings. The van der Waals surface area contributed by atoms with Crippen LogP contribution in [0, 0.1) is 0 Å². The summed E-state index contributed by atoms with van der Waals surface area (Å²) in [5.74, 6) is -0.0342. The van der Waals surface area contributed by atoms with Crippen molar-refractivity contribution in [1.29, 1.82) is 0 Å². The number of morpholine rings is 1. The molecule has 26 heavy (non-hydrogen) atoms. The van der Waals surface area contributed by atoms with Crippen molar-refractivity contribution in [3.8, 4) is 0 Å². The predicted octanol–water partition coefficient (Wildman–Crippen LogP) is 0.289. The number of benzene rings is 1. The van der Waals surface area contributed by atoms with Crippen LogP contribution in [-0.4, -0.2) is 50.8 Å². The molecule has 0 spiro atoms.